The number of nitrogens with zero attached hydrogens (tertiary/aromatic N) is 3. The number of rotatable bonds is 2. The van der Waals surface area contributed by atoms with Gasteiger partial charge in [0.05, 0.1) is 5.02 Å². The minimum atomic E-state index is 0.659. The average Bonchev–Trinajstić information content (AvgIpc) is 2.64. The van der Waals surface area contributed by atoms with Crippen molar-refractivity contribution in [1.29, 1.82) is 0 Å². The van der Waals surface area contributed by atoms with Gasteiger partial charge in [-0.1, -0.05) is 11.6 Å². The maximum absolute atomic E-state index is 6.04. The summed E-state index contributed by atoms with van der Waals surface area (Å²) < 4.78 is 2.74. The van der Waals surface area contributed by atoms with Crippen LogP contribution in [0.4, 0.5) is 5.95 Å². The van der Waals surface area contributed by atoms with Crippen molar-refractivity contribution in [3.05, 3.63) is 27.7 Å². The lowest BCUT2D eigenvalue weighted by Crippen LogP contribution is -1.99. The van der Waals surface area contributed by atoms with Gasteiger partial charge in [-0.3, -0.25) is 4.57 Å². The predicted molar refractivity (Wildman–Crippen MR) is 68.7 cm³/mol. The van der Waals surface area contributed by atoms with Crippen LogP contribution < -0.4 is 5.32 Å². The van der Waals surface area contributed by atoms with Gasteiger partial charge in [-0.05, 0) is 34.1 Å². The number of hydrogen-bond acceptors (Lipinski definition) is 3. The van der Waals surface area contributed by atoms with Gasteiger partial charge in [0.1, 0.15) is 0 Å². The number of benzene rings is 1. The van der Waals surface area contributed by atoms with Crippen LogP contribution in [0.25, 0.3) is 11.4 Å². The van der Waals surface area contributed by atoms with Crippen molar-refractivity contribution in [3.63, 3.8) is 0 Å². The molecule has 0 amide bonds. The van der Waals surface area contributed by atoms with E-state index in [0.717, 1.165) is 15.9 Å². The topological polar surface area (TPSA) is 42.7 Å². The maximum atomic E-state index is 6.04. The summed E-state index contributed by atoms with van der Waals surface area (Å²) in [6, 6.07) is 5.69. The van der Waals surface area contributed by atoms with Gasteiger partial charge in [0, 0.05) is 24.1 Å². The van der Waals surface area contributed by atoms with Crippen LogP contribution in [-0.2, 0) is 7.05 Å². The molecule has 0 unspecified atom stereocenters. The van der Waals surface area contributed by atoms with E-state index in [1.807, 2.05) is 36.9 Å². The molecule has 0 aliphatic carbocycles. The van der Waals surface area contributed by atoms with Crippen LogP contribution in [0, 0.1) is 0 Å². The Kier molecular flexibility index (Phi) is 3.16. The third-order valence-electron chi connectivity index (χ3n) is 2.28. The van der Waals surface area contributed by atoms with Gasteiger partial charge >= 0.3 is 0 Å². The van der Waals surface area contributed by atoms with Gasteiger partial charge < -0.3 is 5.32 Å². The summed E-state index contributed by atoms with van der Waals surface area (Å²) in [6.07, 6.45) is 0. The van der Waals surface area contributed by atoms with Gasteiger partial charge in [-0.2, -0.15) is 0 Å². The number of hydrogen-bond donors (Lipinski definition) is 1. The lowest BCUT2D eigenvalue weighted by atomic mass is 10.2. The normalized spacial score (nSPS) is 10.5. The highest BCUT2D eigenvalue weighted by molar-refractivity contribution is 9.10. The Balaban J connectivity index is 2.50. The maximum Gasteiger partial charge on any atom is 0.224 e. The molecule has 0 fully saturated rings. The highest BCUT2D eigenvalue weighted by Gasteiger charge is 2.10. The van der Waals surface area contributed by atoms with Gasteiger partial charge in [0.25, 0.3) is 0 Å². The first-order valence-electron chi connectivity index (χ1n) is 4.66. The van der Waals surface area contributed by atoms with E-state index in [1.165, 1.54) is 0 Å². The van der Waals surface area contributed by atoms with Crippen molar-refractivity contribution >= 4 is 33.5 Å². The summed E-state index contributed by atoms with van der Waals surface area (Å²) in [6.45, 7) is 0. The van der Waals surface area contributed by atoms with Crippen LogP contribution in [0.5, 0.6) is 0 Å². The molecule has 1 N–H and O–H groups in total. The standard InChI is InChI=1S/C10H10BrClN4/c1-13-10-15-14-9(16(10)2)6-3-4-7(11)8(12)5-6/h3-5H,1-2H3,(H,13,15). The second kappa shape index (κ2) is 4.43. The van der Waals surface area contributed by atoms with Gasteiger partial charge in [0.2, 0.25) is 5.95 Å². The molecule has 1 heterocycles. The molecule has 0 aliphatic heterocycles. The third-order valence-corrected chi connectivity index (χ3v) is 3.51. The molecule has 2 aromatic rings. The van der Waals surface area contributed by atoms with E-state index < -0.39 is 0 Å². The summed E-state index contributed by atoms with van der Waals surface area (Å²) in [4.78, 5) is 0. The van der Waals surface area contributed by atoms with E-state index in [4.69, 9.17) is 11.6 Å². The predicted octanol–water partition coefficient (Wildman–Crippen LogP) is 2.94. The third kappa shape index (κ3) is 1.92. The van der Waals surface area contributed by atoms with Gasteiger partial charge in [-0.15, -0.1) is 10.2 Å². The van der Waals surface area contributed by atoms with Gasteiger partial charge in [0.15, 0.2) is 5.82 Å². The fraction of sp³-hybridized carbons (Fsp3) is 0.200. The van der Waals surface area contributed by atoms with Gasteiger partial charge in [-0.25, -0.2) is 0 Å². The first kappa shape index (κ1) is 11.4. The van der Waals surface area contributed by atoms with Crippen molar-refractivity contribution in [3.8, 4) is 11.4 Å². The quantitative estimate of drug-likeness (QED) is 0.927. The van der Waals surface area contributed by atoms with E-state index in [2.05, 4.69) is 31.4 Å². The SMILES string of the molecule is CNc1nnc(-c2ccc(Br)c(Cl)c2)n1C. The molecule has 0 atom stereocenters. The molecule has 16 heavy (non-hydrogen) atoms. The number of nitrogens with one attached hydrogen (secondary N) is 1. The molecular weight excluding hydrogens is 291 g/mol. The molecule has 2 rings (SSSR count). The fourth-order valence-corrected chi connectivity index (χ4v) is 1.86. The second-order valence-corrected chi connectivity index (χ2v) is 4.55. The minimum absolute atomic E-state index is 0.659. The minimum Gasteiger partial charge on any atom is -0.357 e. The number of anilines is 1. The summed E-state index contributed by atoms with van der Waals surface area (Å²) >= 11 is 9.39. The first-order chi connectivity index (χ1) is 7.63. The molecule has 0 saturated heterocycles. The number of aromatic nitrogens is 3. The van der Waals surface area contributed by atoms with Crippen LogP contribution in [0.2, 0.25) is 5.02 Å². The largest absolute Gasteiger partial charge is 0.357 e. The molecule has 0 saturated carbocycles. The van der Waals surface area contributed by atoms with E-state index >= 15 is 0 Å². The molecule has 0 aliphatic rings. The zero-order chi connectivity index (χ0) is 11.7. The Morgan fingerprint density at radius 2 is 2.12 bits per heavy atom. The van der Waals surface area contributed by atoms with E-state index in [1.54, 1.807) is 0 Å². The highest BCUT2D eigenvalue weighted by atomic mass is 79.9. The van der Waals surface area contributed by atoms with Crippen molar-refractivity contribution in [1.82, 2.24) is 14.8 Å². The lowest BCUT2D eigenvalue weighted by molar-refractivity contribution is 0.925. The Labute approximate surface area is 107 Å². The summed E-state index contributed by atoms with van der Waals surface area (Å²) in [5, 5.41) is 11.7. The fourth-order valence-electron chi connectivity index (χ4n) is 1.43. The van der Waals surface area contributed by atoms with Crippen molar-refractivity contribution < 1.29 is 0 Å². The first-order valence-corrected chi connectivity index (χ1v) is 5.83. The van der Waals surface area contributed by atoms with Crippen LogP contribution in [-0.4, -0.2) is 21.8 Å². The molecule has 6 heteroatoms. The molecule has 1 aromatic heterocycles. The average molecular weight is 302 g/mol. The Morgan fingerprint density at radius 1 is 1.38 bits per heavy atom. The summed E-state index contributed by atoms with van der Waals surface area (Å²) in [5.41, 5.74) is 0.935. The van der Waals surface area contributed by atoms with Crippen molar-refractivity contribution in [2.75, 3.05) is 12.4 Å². The molecule has 0 bridgehead atoms. The number of halogens is 2. The van der Waals surface area contributed by atoms with Crippen LogP contribution in [0.3, 0.4) is 0 Å². The highest BCUT2D eigenvalue weighted by Crippen LogP contribution is 2.28. The zero-order valence-corrected chi connectivity index (χ0v) is 11.2. The molecular formula is C10H10BrClN4. The summed E-state index contributed by atoms with van der Waals surface area (Å²) in [5.74, 6) is 1.49. The summed E-state index contributed by atoms with van der Waals surface area (Å²) in [7, 11) is 3.71. The second-order valence-electron chi connectivity index (χ2n) is 3.29. The molecule has 1 aromatic carbocycles. The Hall–Kier alpha value is -1.07. The molecule has 0 spiro atoms. The Bertz CT molecular complexity index is 524. The Morgan fingerprint density at radius 3 is 2.69 bits per heavy atom. The van der Waals surface area contributed by atoms with Crippen LogP contribution >= 0.6 is 27.5 Å². The van der Waals surface area contributed by atoms with E-state index in [9.17, 15) is 0 Å². The zero-order valence-electron chi connectivity index (χ0n) is 8.83. The van der Waals surface area contributed by atoms with E-state index in [0.29, 0.717) is 11.0 Å². The lowest BCUT2D eigenvalue weighted by Gasteiger charge is -2.04. The van der Waals surface area contributed by atoms with Crippen LogP contribution in [0.1, 0.15) is 0 Å². The smallest absolute Gasteiger partial charge is 0.224 e. The molecule has 4 nitrogen and oxygen atoms in total. The van der Waals surface area contributed by atoms with Crippen molar-refractivity contribution in [2.24, 2.45) is 7.05 Å². The molecule has 0 radical (unpaired) electrons. The molecule has 84 valence electrons. The monoisotopic (exact) mass is 300 g/mol. The van der Waals surface area contributed by atoms with E-state index in [-0.39, 0.29) is 0 Å². The van der Waals surface area contributed by atoms with Crippen molar-refractivity contribution in [2.45, 2.75) is 0 Å². The van der Waals surface area contributed by atoms with Crippen LogP contribution in [0.15, 0.2) is 22.7 Å².